The molecule has 0 aliphatic rings. The van der Waals surface area contributed by atoms with Crippen LogP contribution >= 0.6 is 0 Å². The Morgan fingerprint density at radius 1 is 0.315 bits per heavy atom. The zero-order chi connectivity index (χ0) is 35.6. The quantitative estimate of drug-likeness (QED) is 0.181. The molecule has 0 saturated carbocycles. The average Bonchev–Trinajstić information content (AvgIpc) is 3.76. The first kappa shape index (κ1) is 30.3. The summed E-state index contributed by atoms with van der Waals surface area (Å²) in [5, 5.41) is 7.20. The van der Waals surface area contributed by atoms with Gasteiger partial charge in [-0.3, -0.25) is 0 Å². The van der Waals surface area contributed by atoms with Crippen molar-refractivity contribution in [2.75, 3.05) is 0 Å². The van der Waals surface area contributed by atoms with E-state index < -0.39 is 0 Å². The second-order valence-corrected chi connectivity index (χ2v) is 13.7. The summed E-state index contributed by atoms with van der Waals surface area (Å²) in [5.41, 5.74) is 9.61. The highest BCUT2D eigenvalue weighted by Gasteiger charge is 2.20. The summed E-state index contributed by atoms with van der Waals surface area (Å²) in [7, 11) is 0. The molecule has 11 rings (SSSR count). The van der Waals surface area contributed by atoms with E-state index in [1.807, 2.05) is 18.2 Å². The minimum absolute atomic E-state index is 0.627. The van der Waals surface area contributed by atoms with E-state index in [0.717, 1.165) is 49.9 Å². The Labute approximate surface area is 311 Å². The highest BCUT2D eigenvalue weighted by atomic mass is 15.0. The molecule has 252 valence electrons. The highest BCUT2D eigenvalue weighted by Crippen LogP contribution is 2.39. The second kappa shape index (κ2) is 12.1. The van der Waals surface area contributed by atoms with Crippen LogP contribution in [0.15, 0.2) is 188 Å². The molecule has 0 saturated heterocycles. The van der Waals surface area contributed by atoms with E-state index in [9.17, 15) is 0 Å². The zero-order valence-electron chi connectivity index (χ0n) is 29.1. The first-order valence-electron chi connectivity index (χ1n) is 18.2. The fraction of sp³-hybridized carbons (Fsp3) is 0. The Morgan fingerprint density at radius 3 is 1.57 bits per heavy atom. The van der Waals surface area contributed by atoms with Crippen LogP contribution in [0.4, 0.5) is 0 Å². The van der Waals surface area contributed by atoms with Gasteiger partial charge in [-0.25, -0.2) is 15.0 Å². The van der Waals surface area contributed by atoms with Crippen LogP contribution < -0.4 is 0 Å². The highest BCUT2D eigenvalue weighted by molar-refractivity contribution is 6.16. The van der Waals surface area contributed by atoms with Crippen LogP contribution in [-0.4, -0.2) is 24.1 Å². The first-order chi connectivity index (χ1) is 26.8. The monoisotopic (exact) mass is 689 g/mol. The van der Waals surface area contributed by atoms with Gasteiger partial charge in [-0.05, 0) is 77.5 Å². The van der Waals surface area contributed by atoms with Crippen molar-refractivity contribution in [1.29, 1.82) is 0 Å². The topological polar surface area (TPSA) is 48.5 Å². The molecular weight excluding hydrogens is 659 g/mol. The number of para-hydroxylation sites is 3. The van der Waals surface area contributed by atoms with Crippen LogP contribution in [-0.2, 0) is 0 Å². The summed E-state index contributed by atoms with van der Waals surface area (Å²) in [6.07, 6.45) is 0. The van der Waals surface area contributed by atoms with Gasteiger partial charge in [0.15, 0.2) is 17.5 Å². The molecule has 0 unspecified atom stereocenters. The van der Waals surface area contributed by atoms with Crippen molar-refractivity contribution in [2.24, 2.45) is 0 Å². The maximum Gasteiger partial charge on any atom is 0.164 e. The zero-order valence-corrected chi connectivity index (χ0v) is 29.1. The molecule has 11 aromatic rings. The molecule has 0 aliphatic carbocycles. The van der Waals surface area contributed by atoms with Crippen molar-refractivity contribution < 1.29 is 0 Å². The molecule has 0 radical (unpaired) electrons. The lowest BCUT2D eigenvalue weighted by Crippen LogP contribution is -2.01. The van der Waals surface area contributed by atoms with Gasteiger partial charge in [0.25, 0.3) is 0 Å². The maximum atomic E-state index is 5.23. The van der Waals surface area contributed by atoms with Gasteiger partial charge in [0.2, 0.25) is 0 Å². The van der Waals surface area contributed by atoms with E-state index in [2.05, 4.69) is 179 Å². The molecule has 0 aliphatic heterocycles. The maximum absolute atomic E-state index is 5.23. The lowest BCUT2D eigenvalue weighted by Gasteiger charge is -2.12. The van der Waals surface area contributed by atoms with Crippen LogP contribution in [0.5, 0.6) is 0 Å². The van der Waals surface area contributed by atoms with E-state index >= 15 is 0 Å². The van der Waals surface area contributed by atoms with E-state index in [-0.39, 0.29) is 0 Å². The second-order valence-electron chi connectivity index (χ2n) is 13.7. The summed E-state index contributed by atoms with van der Waals surface area (Å²) >= 11 is 0. The lowest BCUT2D eigenvalue weighted by molar-refractivity contribution is 1.07. The SMILES string of the molecule is c1ccc(-c2nc(-c3ccc(-n4c5ccccc5c5cc6ccccc6cc54)cc3)nc(-c3cccc4c3c3ccccc3n4-c3ccccc3)n2)cc1. The lowest BCUT2D eigenvalue weighted by atomic mass is 10.1. The molecule has 3 aromatic heterocycles. The van der Waals surface area contributed by atoms with E-state index in [1.165, 1.54) is 32.6 Å². The third kappa shape index (κ3) is 4.76. The molecule has 0 amide bonds. The fourth-order valence-electron chi connectivity index (χ4n) is 8.10. The Bertz CT molecular complexity index is 3200. The minimum Gasteiger partial charge on any atom is -0.309 e. The Balaban J connectivity index is 1.10. The molecule has 0 atom stereocenters. The number of hydrogen-bond acceptors (Lipinski definition) is 3. The molecule has 5 nitrogen and oxygen atoms in total. The van der Waals surface area contributed by atoms with Crippen molar-refractivity contribution in [3.63, 3.8) is 0 Å². The van der Waals surface area contributed by atoms with Crippen molar-refractivity contribution in [3.8, 4) is 45.5 Å². The Hall–Kier alpha value is -7.37. The summed E-state index contributed by atoms with van der Waals surface area (Å²) in [6, 6.07) is 66.1. The van der Waals surface area contributed by atoms with Crippen LogP contribution in [0, 0.1) is 0 Å². The van der Waals surface area contributed by atoms with Crippen molar-refractivity contribution >= 4 is 54.4 Å². The van der Waals surface area contributed by atoms with Gasteiger partial charge in [0.05, 0.1) is 22.1 Å². The van der Waals surface area contributed by atoms with Crippen LogP contribution in [0.2, 0.25) is 0 Å². The van der Waals surface area contributed by atoms with Gasteiger partial charge >= 0.3 is 0 Å². The molecule has 0 spiro atoms. The van der Waals surface area contributed by atoms with E-state index in [1.54, 1.807) is 0 Å². The summed E-state index contributed by atoms with van der Waals surface area (Å²) in [4.78, 5) is 15.5. The summed E-state index contributed by atoms with van der Waals surface area (Å²) < 4.78 is 4.68. The molecule has 0 bridgehead atoms. The molecule has 0 N–H and O–H groups in total. The van der Waals surface area contributed by atoms with Crippen LogP contribution in [0.1, 0.15) is 0 Å². The third-order valence-electron chi connectivity index (χ3n) is 10.5. The molecule has 54 heavy (non-hydrogen) atoms. The van der Waals surface area contributed by atoms with Gasteiger partial charge in [0.1, 0.15) is 0 Å². The molecule has 0 fully saturated rings. The van der Waals surface area contributed by atoms with Gasteiger partial charge < -0.3 is 9.13 Å². The molecule has 3 heterocycles. The molecule has 5 heteroatoms. The Morgan fingerprint density at radius 2 is 0.833 bits per heavy atom. The Kier molecular flexibility index (Phi) is 6.79. The van der Waals surface area contributed by atoms with E-state index in [4.69, 9.17) is 15.0 Å². The van der Waals surface area contributed by atoms with Gasteiger partial charge in [0, 0.05) is 49.6 Å². The molecule has 8 aromatic carbocycles. The standard InChI is InChI=1S/C49H31N5/c1-3-14-32(15-4-1)47-50-48(52-49(51-47)40-22-13-25-44-46(40)39-21-10-12-24-43(39)53(44)36-18-5-2-6-19-36)33-26-28-37(29-27-33)54-42-23-11-9-20-38(42)41-30-34-16-7-8-17-35(34)31-45(41)54/h1-31H. The van der Waals surface area contributed by atoms with Crippen molar-refractivity contribution in [1.82, 2.24) is 24.1 Å². The minimum atomic E-state index is 0.627. The first-order valence-corrected chi connectivity index (χ1v) is 18.2. The van der Waals surface area contributed by atoms with Gasteiger partial charge in [-0.15, -0.1) is 0 Å². The largest absolute Gasteiger partial charge is 0.309 e. The van der Waals surface area contributed by atoms with Crippen LogP contribution in [0.25, 0.3) is 99.9 Å². The van der Waals surface area contributed by atoms with Gasteiger partial charge in [-0.1, -0.05) is 121 Å². The average molecular weight is 690 g/mol. The number of nitrogens with zero attached hydrogens (tertiary/aromatic N) is 5. The van der Waals surface area contributed by atoms with E-state index in [0.29, 0.717) is 17.5 Å². The number of benzene rings is 8. The number of hydrogen-bond donors (Lipinski definition) is 0. The van der Waals surface area contributed by atoms with Crippen molar-refractivity contribution in [3.05, 3.63) is 188 Å². The predicted molar refractivity (Wildman–Crippen MR) is 222 cm³/mol. The third-order valence-corrected chi connectivity index (χ3v) is 10.5. The fourth-order valence-corrected chi connectivity index (χ4v) is 8.10. The van der Waals surface area contributed by atoms with Gasteiger partial charge in [-0.2, -0.15) is 0 Å². The smallest absolute Gasteiger partial charge is 0.164 e. The predicted octanol–water partition coefficient (Wildman–Crippen LogP) is 12.2. The number of rotatable bonds is 5. The molecular formula is C49H31N5. The number of fused-ring (bicyclic) bond motifs is 7. The summed E-state index contributed by atoms with van der Waals surface area (Å²) in [6.45, 7) is 0. The van der Waals surface area contributed by atoms with Crippen LogP contribution in [0.3, 0.4) is 0 Å². The number of aromatic nitrogens is 5. The summed E-state index contributed by atoms with van der Waals surface area (Å²) in [5.74, 6) is 1.90. The normalized spacial score (nSPS) is 11.7. The van der Waals surface area contributed by atoms with Crippen molar-refractivity contribution in [2.45, 2.75) is 0 Å².